The molecule has 1 aromatic heterocycles. The molecular weight excluding hydrogens is 288 g/mol. The van der Waals surface area contributed by atoms with E-state index in [1.807, 2.05) is 24.3 Å². The van der Waals surface area contributed by atoms with E-state index in [-0.39, 0.29) is 0 Å². The van der Waals surface area contributed by atoms with Crippen LogP contribution in [0.4, 0.5) is 5.82 Å². The molecular formula is C18H24N4O. The fourth-order valence-electron chi connectivity index (χ4n) is 3.09. The van der Waals surface area contributed by atoms with Crippen molar-refractivity contribution < 1.29 is 4.74 Å². The molecule has 4 rings (SSSR count). The lowest BCUT2D eigenvalue weighted by atomic mass is 9.97. The Bertz CT molecular complexity index is 665. The van der Waals surface area contributed by atoms with Crippen molar-refractivity contribution in [2.24, 2.45) is 5.92 Å². The summed E-state index contributed by atoms with van der Waals surface area (Å²) in [6.45, 7) is 2.97. The van der Waals surface area contributed by atoms with E-state index in [0.717, 1.165) is 42.3 Å². The van der Waals surface area contributed by atoms with Gasteiger partial charge in [0.25, 0.3) is 5.88 Å². The van der Waals surface area contributed by atoms with Crippen molar-refractivity contribution in [3.63, 3.8) is 0 Å². The highest BCUT2D eigenvalue weighted by Gasteiger charge is 2.24. The van der Waals surface area contributed by atoms with Gasteiger partial charge in [-0.05, 0) is 63.2 Å². The summed E-state index contributed by atoms with van der Waals surface area (Å²) >= 11 is 0. The van der Waals surface area contributed by atoms with Gasteiger partial charge in [0, 0.05) is 6.04 Å². The first-order valence-electron chi connectivity index (χ1n) is 8.75. The zero-order chi connectivity index (χ0) is 15.5. The van der Waals surface area contributed by atoms with E-state index in [2.05, 4.69) is 15.6 Å². The van der Waals surface area contributed by atoms with Gasteiger partial charge in [0.05, 0.1) is 17.6 Å². The van der Waals surface area contributed by atoms with Crippen LogP contribution in [0.2, 0.25) is 0 Å². The van der Waals surface area contributed by atoms with Gasteiger partial charge in [0.1, 0.15) is 0 Å². The molecule has 2 fully saturated rings. The molecule has 0 spiro atoms. The van der Waals surface area contributed by atoms with E-state index in [1.54, 1.807) is 0 Å². The quantitative estimate of drug-likeness (QED) is 0.859. The molecule has 2 aliphatic rings. The summed E-state index contributed by atoms with van der Waals surface area (Å²) in [7, 11) is 0. The summed E-state index contributed by atoms with van der Waals surface area (Å²) in [5.41, 5.74) is 1.81. The minimum Gasteiger partial charge on any atom is -0.475 e. The smallest absolute Gasteiger partial charge is 0.258 e. The van der Waals surface area contributed by atoms with Crippen LogP contribution in [-0.4, -0.2) is 35.7 Å². The maximum absolute atomic E-state index is 6.01. The van der Waals surface area contributed by atoms with Crippen LogP contribution in [-0.2, 0) is 0 Å². The molecule has 0 bridgehead atoms. The predicted octanol–water partition coefficient (Wildman–Crippen LogP) is 2.97. The zero-order valence-corrected chi connectivity index (χ0v) is 13.4. The van der Waals surface area contributed by atoms with Crippen molar-refractivity contribution in [3.8, 4) is 5.88 Å². The first kappa shape index (κ1) is 14.7. The van der Waals surface area contributed by atoms with Crippen molar-refractivity contribution in [1.29, 1.82) is 0 Å². The molecule has 1 aromatic carbocycles. The molecule has 23 heavy (non-hydrogen) atoms. The Morgan fingerprint density at radius 1 is 1.13 bits per heavy atom. The van der Waals surface area contributed by atoms with Gasteiger partial charge in [0.2, 0.25) is 0 Å². The highest BCUT2D eigenvalue weighted by molar-refractivity contribution is 5.77. The molecule has 2 heterocycles. The van der Waals surface area contributed by atoms with Crippen LogP contribution in [0, 0.1) is 5.92 Å². The van der Waals surface area contributed by atoms with E-state index < -0.39 is 0 Å². The molecule has 1 aliphatic carbocycles. The lowest BCUT2D eigenvalue weighted by Crippen LogP contribution is -2.30. The molecule has 1 unspecified atom stereocenters. The van der Waals surface area contributed by atoms with E-state index in [1.165, 1.54) is 25.7 Å². The van der Waals surface area contributed by atoms with Crippen molar-refractivity contribution in [2.75, 3.05) is 25.0 Å². The summed E-state index contributed by atoms with van der Waals surface area (Å²) in [4.78, 5) is 9.39. The van der Waals surface area contributed by atoms with Crippen LogP contribution >= 0.6 is 0 Å². The standard InChI is InChI=1S/C18H24N4O/c1-2-6-16-15(5-1)21-17(20-14-7-8-14)18(22-16)23-11-9-13-4-3-10-19-12-13/h1-2,5-6,13-14,19H,3-4,7-12H2,(H,20,21). The van der Waals surface area contributed by atoms with E-state index in [4.69, 9.17) is 9.72 Å². The summed E-state index contributed by atoms with van der Waals surface area (Å²) in [5.74, 6) is 2.17. The van der Waals surface area contributed by atoms with Gasteiger partial charge in [-0.2, -0.15) is 0 Å². The second kappa shape index (κ2) is 6.71. The number of nitrogens with one attached hydrogen (secondary N) is 2. The van der Waals surface area contributed by atoms with Crippen molar-refractivity contribution >= 4 is 16.9 Å². The Kier molecular flexibility index (Phi) is 4.28. The zero-order valence-electron chi connectivity index (χ0n) is 13.4. The van der Waals surface area contributed by atoms with Gasteiger partial charge in [-0.25, -0.2) is 9.97 Å². The van der Waals surface area contributed by atoms with E-state index >= 15 is 0 Å². The van der Waals surface area contributed by atoms with E-state index in [0.29, 0.717) is 18.5 Å². The monoisotopic (exact) mass is 312 g/mol. The lowest BCUT2D eigenvalue weighted by Gasteiger charge is -2.22. The van der Waals surface area contributed by atoms with Crippen LogP contribution < -0.4 is 15.4 Å². The second-order valence-corrected chi connectivity index (χ2v) is 6.63. The molecule has 0 radical (unpaired) electrons. The number of hydrogen-bond donors (Lipinski definition) is 2. The number of rotatable bonds is 6. The molecule has 1 atom stereocenters. The Morgan fingerprint density at radius 2 is 1.96 bits per heavy atom. The van der Waals surface area contributed by atoms with E-state index in [9.17, 15) is 0 Å². The Morgan fingerprint density at radius 3 is 2.70 bits per heavy atom. The topological polar surface area (TPSA) is 59.1 Å². The highest BCUT2D eigenvalue weighted by Crippen LogP contribution is 2.30. The number of hydrogen-bond acceptors (Lipinski definition) is 5. The molecule has 2 N–H and O–H groups in total. The normalized spacial score (nSPS) is 21.3. The van der Waals surface area contributed by atoms with Gasteiger partial charge in [-0.1, -0.05) is 12.1 Å². The summed E-state index contributed by atoms with van der Waals surface area (Å²) in [6, 6.07) is 8.51. The Hall–Kier alpha value is -1.88. The number of piperidine rings is 1. The first-order chi connectivity index (χ1) is 11.4. The number of benzene rings is 1. The first-order valence-corrected chi connectivity index (χ1v) is 8.75. The average molecular weight is 312 g/mol. The summed E-state index contributed by atoms with van der Waals surface area (Å²) in [6.07, 6.45) is 6.07. The minimum atomic E-state index is 0.537. The number of nitrogens with zero attached hydrogens (tertiary/aromatic N) is 2. The average Bonchev–Trinajstić information content (AvgIpc) is 3.40. The largest absolute Gasteiger partial charge is 0.475 e. The third-order valence-corrected chi connectivity index (χ3v) is 4.62. The third kappa shape index (κ3) is 3.72. The van der Waals surface area contributed by atoms with Gasteiger partial charge < -0.3 is 15.4 Å². The molecule has 5 heteroatoms. The number of para-hydroxylation sites is 2. The van der Waals surface area contributed by atoms with Crippen molar-refractivity contribution in [2.45, 2.75) is 38.1 Å². The molecule has 122 valence electrons. The lowest BCUT2D eigenvalue weighted by molar-refractivity contribution is 0.248. The Balaban J connectivity index is 1.47. The summed E-state index contributed by atoms with van der Waals surface area (Å²) in [5, 5.41) is 6.91. The van der Waals surface area contributed by atoms with Crippen molar-refractivity contribution in [3.05, 3.63) is 24.3 Å². The van der Waals surface area contributed by atoms with Gasteiger partial charge in [-0.3, -0.25) is 0 Å². The van der Waals surface area contributed by atoms with Gasteiger partial charge in [-0.15, -0.1) is 0 Å². The maximum atomic E-state index is 6.01. The highest BCUT2D eigenvalue weighted by atomic mass is 16.5. The number of fused-ring (bicyclic) bond motifs is 1. The maximum Gasteiger partial charge on any atom is 0.258 e. The molecule has 2 aromatic rings. The predicted molar refractivity (Wildman–Crippen MR) is 91.9 cm³/mol. The minimum absolute atomic E-state index is 0.537. The fraction of sp³-hybridized carbons (Fsp3) is 0.556. The molecule has 0 amide bonds. The number of aromatic nitrogens is 2. The van der Waals surface area contributed by atoms with Gasteiger partial charge in [0.15, 0.2) is 5.82 Å². The number of anilines is 1. The molecule has 1 aliphatic heterocycles. The third-order valence-electron chi connectivity index (χ3n) is 4.62. The van der Waals surface area contributed by atoms with Crippen LogP contribution in [0.25, 0.3) is 11.0 Å². The number of ether oxygens (including phenoxy) is 1. The molecule has 1 saturated carbocycles. The fourth-order valence-corrected chi connectivity index (χ4v) is 3.09. The second-order valence-electron chi connectivity index (χ2n) is 6.63. The van der Waals surface area contributed by atoms with Crippen LogP contribution in [0.5, 0.6) is 5.88 Å². The van der Waals surface area contributed by atoms with Crippen molar-refractivity contribution in [1.82, 2.24) is 15.3 Å². The SMILES string of the molecule is c1ccc2nc(OCCC3CCCNC3)c(NC3CC3)nc2c1. The van der Waals surface area contributed by atoms with Gasteiger partial charge >= 0.3 is 0 Å². The summed E-state index contributed by atoms with van der Waals surface area (Å²) < 4.78 is 6.01. The van der Waals surface area contributed by atoms with Crippen LogP contribution in [0.3, 0.4) is 0 Å². The van der Waals surface area contributed by atoms with Crippen LogP contribution in [0.1, 0.15) is 32.1 Å². The molecule has 5 nitrogen and oxygen atoms in total. The van der Waals surface area contributed by atoms with Crippen LogP contribution in [0.15, 0.2) is 24.3 Å². The molecule has 1 saturated heterocycles. The Labute approximate surface area is 136 Å².